The highest BCUT2D eigenvalue weighted by Crippen LogP contribution is 2.34. The van der Waals surface area contributed by atoms with Crippen LogP contribution in [0.4, 0.5) is 0 Å². The number of aliphatic carboxylic acids is 1. The van der Waals surface area contributed by atoms with Crippen molar-refractivity contribution in [3.8, 4) is 0 Å². The smallest absolute Gasteiger partial charge is 0.339 e. The van der Waals surface area contributed by atoms with E-state index < -0.39 is 18.0 Å². The molecule has 0 bridgehead atoms. The molecule has 4 nitrogen and oxygen atoms in total. The fourth-order valence-electron chi connectivity index (χ4n) is 1.55. The van der Waals surface area contributed by atoms with Crippen LogP contribution in [-0.2, 0) is 9.53 Å². The molecule has 2 rings (SSSR count). The van der Waals surface area contributed by atoms with Gasteiger partial charge < -0.3 is 9.84 Å². The molecule has 0 saturated heterocycles. The van der Waals surface area contributed by atoms with Crippen molar-refractivity contribution < 1.29 is 19.4 Å². The van der Waals surface area contributed by atoms with Crippen LogP contribution in [0.1, 0.15) is 28.4 Å². The minimum Gasteiger partial charge on any atom is -0.481 e. The maximum Gasteiger partial charge on any atom is 0.339 e. The summed E-state index contributed by atoms with van der Waals surface area (Å²) < 4.78 is 5.76. The maximum atomic E-state index is 11.3. The molecular formula is C10H7BrO4. The number of rotatable bonds is 2. The van der Waals surface area contributed by atoms with E-state index in [4.69, 9.17) is 9.84 Å². The zero-order valence-electron chi connectivity index (χ0n) is 7.57. The van der Waals surface area contributed by atoms with Crippen LogP contribution in [0.5, 0.6) is 0 Å². The number of hydrogen-bond acceptors (Lipinski definition) is 3. The van der Waals surface area contributed by atoms with Crippen molar-refractivity contribution in [1.82, 2.24) is 0 Å². The second-order valence-electron chi connectivity index (χ2n) is 3.22. The van der Waals surface area contributed by atoms with E-state index in [1.807, 2.05) is 0 Å². The standard InChI is InChI=1S/C10H7BrO4/c11-5-1-2-6-7(3-5)8(4-9(12)13)15-10(6)14/h1-3,8H,4H2,(H,12,13)/t8-/m0/s1. The van der Waals surface area contributed by atoms with Crippen LogP contribution in [0.25, 0.3) is 0 Å². The average molecular weight is 271 g/mol. The van der Waals surface area contributed by atoms with Crippen LogP contribution in [-0.4, -0.2) is 17.0 Å². The van der Waals surface area contributed by atoms with Crippen molar-refractivity contribution in [3.05, 3.63) is 33.8 Å². The molecule has 1 N–H and O–H groups in total. The summed E-state index contributed by atoms with van der Waals surface area (Å²) in [6.45, 7) is 0. The first-order chi connectivity index (χ1) is 7.08. The molecule has 0 radical (unpaired) electrons. The van der Waals surface area contributed by atoms with Gasteiger partial charge in [-0.1, -0.05) is 15.9 Å². The summed E-state index contributed by atoms with van der Waals surface area (Å²) in [6, 6.07) is 5.07. The summed E-state index contributed by atoms with van der Waals surface area (Å²) >= 11 is 3.26. The quantitative estimate of drug-likeness (QED) is 0.837. The van der Waals surface area contributed by atoms with Crippen LogP contribution in [0.3, 0.4) is 0 Å². The number of cyclic esters (lactones) is 1. The van der Waals surface area contributed by atoms with Crippen LogP contribution in [0.2, 0.25) is 0 Å². The van der Waals surface area contributed by atoms with Gasteiger partial charge in [0.1, 0.15) is 6.10 Å². The minimum absolute atomic E-state index is 0.199. The van der Waals surface area contributed by atoms with Gasteiger partial charge in [0, 0.05) is 10.0 Å². The van der Waals surface area contributed by atoms with Crippen LogP contribution >= 0.6 is 15.9 Å². The Morgan fingerprint density at radius 2 is 2.27 bits per heavy atom. The number of esters is 1. The Labute approximate surface area is 94.0 Å². The molecule has 5 heteroatoms. The molecule has 0 amide bonds. The largest absolute Gasteiger partial charge is 0.481 e. The number of carboxylic acids is 1. The highest BCUT2D eigenvalue weighted by molar-refractivity contribution is 9.10. The van der Waals surface area contributed by atoms with E-state index in [-0.39, 0.29) is 6.42 Å². The van der Waals surface area contributed by atoms with E-state index in [0.29, 0.717) is 11.1 Å². The highest BCUT2D eigenvalue weighted by Gasteiger charge is 2.32. The number of carbonyl (C=O) groups is 2. The molecule has 0 saturated carbocycles. The predicted octanol–water partition coefficient (Wildman–Crippen LogP) is 2.14. The molecular weight excluding hydrogens is 264 g/mol. The van der Waals surface area contributed by atoms with E-state index >= 15 is 0 Å². The molecule has 0 aliphatic carbocycles. The molecule has 15 heavy (non-hydrogen) atoms. The van der Waals surface area contributed by atoms with Gasteiger partial charge in [0.05, 0.1) is 12.0 Å². The van der Waals surface area contributed by atoms with Gasteiger partial charge >= 0.3 is 11.9 Å². The van der Waals surface area contributed by atoms with Gasteiger partial charge in [-0.15, -0.1) is 0 Å². The summed E-state index contributed by atoms with van der Waals surface area (Å²) in [5.41, 5.74) is 1.08. The minimum atomic E-state index is -0.986. The zero-order valence-corrected chi connectivity index (χ0v) is 9.15. The number of halogens is 1. The van der Waals surface area contributed by atoms with Crippen molar-refractivity contribution in [1.29, 1.82) is 0 Å². The summed E-state index contributed by atoms with van der Waals surface area (Å²) in [5.74, 6) is -1.44. The van der Waals surface area contributed by atoms with Crippen molar-refractivity contribution in [2.75, 3.05) is 0 Å². The van der Waals surface area contributed by atoms with Gasteiger partial charge in [-0.05, 0) is 18.2 Å². The number of hydrogen-bond donors (Lipinski definition) is 1. The van der Waals surface area contributed by atoms with E-state index in [0.717, 1.165) is 4.47 Å². The van der Waals surface area contributed by atoms with E-state index in [1.165, 1.54) is 0 Å². The molecule has 0 spiro atoms. The monoisotopic (exact) mass is 270 g/mol. The lowest BCUT2D eigenvalue weighted by atomic mass is 10.0. The number of ether oxygens (including phenoxy) is 1. The van der Waals surface area contributed by atoms with E-state index in [9.17, 15) is 9.59 Å². The first kappa shape index (κ1) is 10.2. The van der Waals surface area contributed by atoms with Crippen molar-refractivity contribution in [3.63, 3.8) is 0 Å². The lowest BCUT2D eigenvalue weighted by Crippen LogP contribution is -2.05. The number of carboxylic acid groups (broad SMARTS) is 1. The molecule has 1 heterocycles. The molecule has 0 aromatic heterocycles. The SMILES string of the molecule is O=C(O)C[C@@H]1OC(=O)c2ccc(Br)cc21. The predicted molar refractivity (Wildman–Crippen MR) is 54.6 cm³/mol. The Balaban J connectivity index is 2.39. The van der Waals surface area contributed by atoms with Gasteiger partial charge in [0.2, 0.25) is 0 Å². The normalized spacial score (nSPS) is 18.5. The fraction of sp³-hybridized carbons (Fsp3) is 0.200. The summed E-state index contributed by atoms with van der Waals surface area (Å²) in [7, 11) is 0. The van der Waals surface area contributed by atoms with Crippen molar-refractivity contribution in [2.24, 2.45) is 0 Å². The first-order valence-corrected chi connectivity index (χ1v) is 5.09. The van der Waals surface area contributed by atoms with Gasteiger partial charge in [-0.2, -0.15) is 0 Å². The Bertz CT molecular complexity index is 439. The van der Waals surface area contributed by atoms with Crippen LogP contribution < -0.4 is 0 Å². The third-order valence-electron chi connectivity index (χ3n) is 2.19. The number of benzene rings is 1. The summed E-state index contributed by atoms with van der Waals surface area (Å²) in [4.78, 5) is 21.9. The molecule has 1 atom stereocenters. The Morgan fingerprint density at radius 3 is 2.93 bits per heavy atom. The van der Waals surface area contributed by atoms with Crippen molar-refractivity contribution >= 4 is 27.9 Å². The van der Waals surface area contributed by atoms with E-state index in [1.54, 1.807) is 18.2 Å². The molecule has 0 unspecified atom stereocenters. The average Bonchev–Trinajstić information content (AvgIpc) is 2.42. The highest BCUT2D eigenvalue weighted by atomic mass is 79.9. The van der Waals surface area contributed by atoms with Crippen LogP contribution in [0, 0.1) is 0 Å². The second-order valence-corrected chi connectivity index (χ2v) is 4.14. The molecule has 1 aromatic rings. The van der Waals surface area contributed by atoms with E-state index in [2.05, 4.69) is 15.9 Å². The van der Waals surface area contributed by atoms with Gasteiger partial charge in [0.15, 0.2) is 0 Å². The third-order valence-corrected chi connectivity index (χ3v) is 2.68. The Morgan fingerprint density at radius 1 is 1.53 bits per heavy atom. The lowest BCUT2D eigenvalue weighted by molar-refractivity contribution is -0.139. The van der Waals surface area contributed by atoms with Crippen LogP contribution in [0.15, 0.2) is 22.7 Å². The van der Waals surface area contributed by atoms with Gasteiger partial charge in [-0.3, -0.25) is 4.79 Å². The molecule has 1 aliphatic heterocycles. The Kier molecular flexibility index (Phi) is 2.48. The summed E-state index contributed by atoms with van der Waals surface area (Å²) in [6.07, 6.45) is -0.864. The second kappa shape index (κ2) is 3.66. The molecule has 1 aromatic carbocycles. The molecule has 1 aliphatic rings. The topological polar surface area (TPSA) is 63.6 Å². The first-order valence-electron chi connectivity index (χ1n) is 4.30. The van der Waals surface area contributed by atoms with Gasteiger partial charge in [-0.25, -0.2) is 4.79 Å². The zero-order chi connectivity index (χ0) is 11.0. The third kappa shape index (κ3) is 1.87. The molecule has 0 fully saturated rings. The van der Waals surface area contributed by atoms with Crippen molar-refractivity contribution in [2.45, 2.75) is 12.5 Å². The summed E-state index contributed by atoms with van der Waals surface area (Å²) in [5, 5.41) is 8.65. The maximum absolute atomic E-state index is 11.3. The fourth-order valence-corrected chi connectivity index (χ4v) is 1.93. The van der Waals surface area contributed by atoms with Gasteiger partial charge in [0.25, 0.3) is 0 Å². The number of carbonyl (C=O) groups excluding carboxylic acids is 1. The molecule has 78 valence electrons. The Hall–Kier alpha value is -1.36. The number of fused-ring (bicyclic) bond motifs is 1. The lowest BCUT2D eigenvalue weighted by Gasteiger charge is -2.06.